The first kappa shape index (κ1) is 34.3. The molecule has 0 spiro atoms. The van der Waals surface area contributed by atoms with E-state index in [4.69, 9.17) is 14.2 Å². The van der Waals surface area contributed by atoms with Crippen molar-refractivity contribution in [3.05, 3.63) is 115 Å². The average Bonchev–Trinajstić information content (AvgIpc) is 3.06. The van der Waals surface area contributed by atoms with Crippen molar-refractivity contribution in [2.45, 2.75) is 37.4 Å². The highest BCUT2D eigenvalue weighted by molar-refractivity contribution is 7.90. The summed E-state index contributed by atoms with van der Waals surface area (Å²) < 4.78 is 43.0. The number of halogens is 1. The topological polar surface area (TPSA) is 77.1 Å². The molecule has 0 aliphatic carbocycles. The van der Waals surface area contributed by atoms with Crippen LogP contribution in [-0.2, 0) is 16.4 Å². The summed E-state index contributed by atoms with van der Waals surface area (Å²) in [6.45, 7) is 8.43. The summed E-state index contributed by atoms with van der Waals surface area (Å²) in [7, 11) is -3.31. The minimum Gasteiger partial charge on any atom is -0.492 e. The Balaban J connectivity index is 0.00000433. The minimum atomic E-state index is -3.31. The molecule has 5 aromatic carbocycles. The van der Waals surface area contributed by atoms with Gasteiger partial charge in [0.1, 0.15) is 36.2 Å². The molecule has 5 aromatic rings. The number of sulfone groups is 1. The van der Waals surface area contributed by atoms with E-state index in [0.29, 0.717) is 36.8 Å². The molecule has 9 heteroatoms. The van der Waals surface area contributed by atoms with Gasteiger partial charge in [-0.2, -0.15) is 0 Å². The van der Waals surface area contributed by atoms with E-state index in [9.17, 15) is 8.42 Å². The molecule has 0 radical (unpaired) electrons. The maximum atomic E-state index is 12.1. The molecule has 1 aliphatic rings. The fraction of sp³-hybridized carbons (Fsp3) is 0.263. The Kier molecular flexibility index (Phi) is 11.1. The second kappa shape index (κ2) is 15.2. The van der Waals surface area contributed by atoms with E-state index in [1.54, 1.807) is 12.1 Å². The van der Waals surface area contributed by atoms with Crippen LogP contribution in [0.4, 0.5) is 0 Å². The van der Waals surface area contributed by atoms with Crippen LogP contribution < -0.4 is 19.5 Å². The largest absolute Gasteiger partial charge is 0.492 e. The Hall–Kier alpha value is -4.08. The zero-order chi connectivity index (χ0) is 32.1. The third-order valence-electron chi connectivity index (χ3n) is 8.37. The van der Waals surface area contributed by atoms with Gasteiger partial charge in [0.2, 0.25) is 0 Å². The van der Waals surface area contributed by atoms with Crippen LogP contribution in [0.2, 0.25) is 0 Å². The van der Waals surface area contributed by atoms with E-state index in [1.165, 1.54) is 6.26 Å². The first-order valence-corrected chi connectivity index (χ1v) is 17.5. The Morgan fingerprint density at radius 3 is 2.23 bits per heavy atom. The Bertz CT molecular complexity index is 1880. The molecule has 2 atom stereocenters. The van der Waals surface area contributed by atoms with Crippen molar-refractivity contribution in [3.8, 4) is 34.1 Å². The molecule has 246 valence electrons. The van der Waals surface area contributed by atoms with Crippen molar-refractivity contribution in [2.24, 2.45) is 0 Å². The number of rotatable bonds is 11. The van der Waals surface area contributed by atoms with Gasteiger partial charge in [0.15, 0.2) is 9.84 Å². The van der Waals surface area contributed by atoms with E-state index in [-0.39, 0.29) is 17.3 Å². The van der Waals surface area contributed by atoms with Crippen LogP contribution >= 0.6 is 12.4 Å². The summed E-state index contributed by atoms with van der Waals surface area (Å²) in [5, 5.41) is 5.40. The summed E-state index contributed by atoms with van der Waals surface area (Å²) >= 11 is 0. The second-order valence-electron chi connectivity index (χ2n) is 12.0. The van der Waals surface area contributed by atoms with Gasteiger partial charge >= 0.3 is 0 Å². The molecule has 0 saturated carbocycles. The molecule has 1 N–H and O–H groups in total. The highest BCUT2D eigenvalue weighted by Crippen LogP contribution is 2.41. The van der Waals surface area contributed by atoms with Crippen LogP contribution in [0, 0.1) is 0 Å². The molecule has 1 saturated heterocycles. The first-order valence-electron chi connectivity index (χ1n) is 15.6. The number of nitrogens with one attached hydrogen (secondary N) is 1. The highest BCUT2D eigenvalue weighted by atomic mass is 35.5. The van der Waals surface area contributed by atoms with Crippen LogP contribution in [0.1, 0.15) is 19.4 Å². The van der Waals surface area contributed by atoms with E-state index >= 15 is 0 Å². The maximum Gasteiger partial charge on any atom is 0.175 e. The molecule has 0 bridgehead atoms. The molecule has 1 unspecified atom stereocenters. The van der Waals surface area contributed by atoms with Gasteiger partial charge in [-0.05, 0) is 91.0 Å². The Morgan fingerprint density at radius 2 is 1.51 bits per heavy atom. The molecule has 6 rings (SSSR count). The summed E-state index contributed by atoms with van der Waals surface area (Å²) in [5.74, 6) is 2.90. The number of benzene rings is 5. The van der Waals surface area contributed by atoms with Crippen LogP contribution in [0.3, 0.4) is 0 Å². The average molecular weight is 673 g/mol. The Labute approximate surface area is 283 Å². The summed E-state index contributed by atoms with van der Waals surface area (Å²) in [4.78, 5) is 2.73. The van der Waals surface area contributed by atoms with E-state index in [1.807, 2.05) is 97.1 Å². The number of ether oxygens (including phenoxy) is 3. The Morgan fingerprint density at radius 1 is 0.809 bits per heavy atom. The standard InChI is InChI=1S/C38H40N2O5S.ClH/c1-27-25-40(28(2)24-39-27)21-22-43-32-12-14-33(15-13-32)45-38-36(30-9-17-35(18-10-30)46(3,41)42)19-11-31-23-34(16-20-37(31)38)44-26-29-7-5-4-6-8-29;/h4-20,23,27-28,39H,21-22,24-26H2,1-3H3;1H/t27?,28-;/m1./s1. The van der Waals surface area contributed by atoms with Gasteiger partial charge in [0, 0.05) is 48.9 Å². The van der Waals surface area contributed by atoms with Crippen LogP contribution in [0.5, 0.6) is 23.0 Å². The van der Waals surface area contributed by atoms with Gasteiger partial charge in [0.05, 0.1) is 4.90 Å². The molecule has 7 nitrogen and oxygen atoms in total. The van der Waals surface area contributed by atoms with E-state index < -0.39 is 9.84 Å². The molecule has 0 amide bonds. The SMILES string of the molecule is CC1CN(CCOc2ccc(Oc3c(-c4ccc(S(C)(=O)=O)cc4)ccc4cc(OCc5ccccc5)ccc34)cc2)[C@H](C)CN1.Cl. The summed E-state index contributed by atoms with van der Waals surface area (Å²) in [6, 6.07) is 35.6. The number of fused-ring (bicyclic) bond motifs is 1. The summed E-state index contributed by atoms with van der Waals surface area (Å²) in [5.41, 5.74) is 2.80. The predicted octanol–water partition coefficient (Wildman–Crippen LogP) is 7.76. The highest BCUT2D eigenvalue weighted by Gasteiger charge is 2.22. The quantitative estimate of drug-likeness (QED) is 0.154. The lowest BCUT2D eigenvalue weighted by molar-refractivity contribution is 0.123. The van der Waals surface area contributed by atoms with Gasteiger partial charge in [-0.1, -0.05) is 48.5 Å². The van der Waals surface area contributed by atoms with Gasteiger partial charge in [0.25, 0.3) is 0 Å². The molecular formula is C38H41ClN2O5S. The third-order valence-corrected chi connectivity index (χ3v) is 9.50. The third kappa shape index (κ3) is 8.64. The smallest absolute Gasteiger partial charge is 0.175 e. The van der Waals surface area contributed by atoms with Gasteiger partial charge in [-0.15, -0.1) is 12.4 Å². The molecular weight excluding hydrogens is 632 g/mol. The van der Waals surface area contributed by atoms with Gasteiger partial charge in [-0.25, -0.2) is 8.42 Å². The zero-order valence-electron chi connectivity index (χ0n) is 26.9. The van der Waals surface area contributed by atoms with Crippen LogP contribution in [0.15, 0.2) is 114 Å². The van der Waals surface area contributed by atoms with Crippen LogP contribution in [0.25, 0.3) is 21.9 Å². The normalized spacial score (nSPS) is 16.7. The van der Waals surface area contributed by atoms with Crippen molar-refractivity contribution < 1.29 is 22.6 Å². The summed E-state index contributed by atoms with van der Waals surface area (Å²) in [6.07, 6.45) is 1.21. The number of nitrogens with zero attached hydrogens (tertiary/aromatic N) is 1. The molecule has 1 aliphatic heterocycles. The zero-order valence-corrected chi connectivity index (χ0v) is 28.5. The van der Waals surface area contributed by atoms with E-state index in [2.05, 4.69) is 24.1 Å². The molecule has 0 aromatic heterocycles. The van der Waals surface area contributed by atoms with E-state index in [0.717, 1.165) is 58.6 Å². The predicted molar refractivity (Wildman–Crippen MR) is 191 cm³/mol. The second-order valence-corrected chi connectivity index (χ2v) is 14.0. The first-order chi connectivity index (χ1) is 22.2. The molecule has 1 heterocycles. The van der Waals surface area contributed by atoms with Gasteiger partial charge < -0.3 is 19.5 Å². The lowest BCUT2D eigenvalue weighted by atomic mass is 9.99. The number of piperazine rings is 1. The maximum absolute atomic E-state index is 12.1. The molecule has 1 fully saturated rings. The monoisotopic (exact) mass is 672 g/mol. The molecule has 47 heavy (non-hydrogen) atoms. The number of hydrogen-bond donors (Lipinski definition) is 1. The van der Waals surface area contributed by atoms with Gasteiger partial charge in [-0.3, -0.25) is 4.90 Å². The number of hydrogen-bond acceptors (Lipinski definition) is 7. The van der Waals surface area contributed by atoms with Crippen LogP contribution in [-0.4, -0.2) is 57.9 Å². The minimum absolute atomic E-state index is 0. The van der Waals surface area contributed by atoms with Crippen molar-refractivity contribution in [1.82, 2.24) is 10.2 Å². The van der Waals surface area contributed by atoms with Crippen molar-refractivity contribution in [2.75, 3.05) is 32.5 Å². The van der Waals surface area contributed by atoms with Crippen molar-refractivity contribution in [3.63, 3.8) is 0 Å². The fourth-order valence-corrected chi connectivity index (χ4v) is 6.37. The van der Waals surface area contributed by atoms with Crippen molar-refractivity contribution >= 4 is 33.0 Å². The lowest BCUT2D eigenvalue weighted by Crippen LogP contribution is -2.55. The van der Waals surface area contributed by atoms with Crippen molar-refractivity contribution in [1.29, 1.82) is 0 Å². The lowest BCUT2D eigenvalue weighted by Gasteiger charge is -2.37. The fourth-order valence-electron chi connectivity index (χ4n) is 5.74.